The maximum absolute atomic E-state index is 14.5. The van der Waals surface area contributed by atoms with E-state index in [0.29, 0.717) is 29.2 Å². The van der Waals surface area contributed by atoms with Gasteiger partial charge in [-0.05, 0) is 70.4 Å². The first kappa shape index (κ1) is 24.0. The molecule has 1 aromatic heterocycles. The molecule has 5 rings (SSSR count). The third-order valence-electron chi connectivity index (χ3n) is 6.68. The number of hydrogen-bond donors (Lipinski definition) is 2. The van der Waals surface area contributed by atoms with Crippen molar-refractivity contribution in [3.05, 3.63) is 107 Å². The van der Waals surface area contributed by atoms with Crippen molar-refractivity contribution in [2.75, 3.05) is 12.4 Å². The smallest absolute Gasteiger partial charge is 0.244 e. The quantitative estimate of drug-likeness (QED) is 0.158. The third-order valence-corrected chi connectivity index (χ3v) is 6.87. The number of amides is 1. The average Bonchev–Trinajstić information content (AvgIpc) is 3.26. The molecule has 1 fully saturated rings. The molecule has 0 aliphatic heterocycles. The average molecular weight is 500 g/mol. The number of halogens is 2. The second-order valence-electron chi connectivity index (χ2n) is 8.99. The Hall–Kier alpha value is -3.70. The number of alkyl halides is 1. The van der Waals surface area contributed by atoms with Gasteiger partial charge in [0.1, 0.15) is 0 Å². The second kappa shape index (κ2) is 10.9. The van der Waals surface area contributed by atoms with Crippen LogP contribution in [0.1, 0.15) is 41.5 Å². The minimum atomic E-state index is -0.427. The number of nitrogens with zero attached hydrogens (tertiary/aromatic N) is 1. The molecule has 1 heterocycles. The highest BCUT2D eigenvalue weighted by Gasteiger charge is 2.27. The lowest BCUT2D eigenvalue weighted by atomic mass is 9.73. The van der Waals surface area contributed by atoms with Gasteiger partial charge in [0.05, 0.1) is 10.9 Å². The molecule has 1 saturated carbocycles. The zero-order valence-electron chi connectivity index (χ0n) is 19.8. The molecule has 1 amide bonds. The molecule has 0 bridgehead atoms. The number of aromatic amines is 1. The van der Waals surface area contributed by atoms with Crippen molar-refractivity contribution in [2.45, 2.75) is 19.3 Å². The van der Waals surface area contributed by atoms with Gasteiger partial charge >= 0.3 is 0 Å². The Bertz CT molecular complexity index is 1420. The maximum atomic E-state index is 14.5. The number of carbonyl (C=O) groups is 1. The van der Waals surface area contributed by atoms with Crippen LogP contribution >= 0.6 is 11.6 Å². The van der Waals surface area contributed by atoms with Crippen molar-refractivity contribution in [3.63, 3.8) is 0 Å². The van der Waals surface area contributed by atoms with E-state index in [2.05, 4.69) is 51.9 Å². The summed E-state index contributed by atoms with van der Waals surface area (Å²) in [4.78, 5) is 11.9. The molecule has 182 valence electrons. The van der Waals surface area contributed by atoms with E-state index in [9.17, 15) is 9.18 Å². The number of aromatic nitrogens is 2. The third kappa shape index (κ3) is 5.12. The molecule has 1 aliphatic rings. The van der Waals surface area contributed by atoms with Gasteiger partial charge in [0.25, 0.3) is 0 Å². The molecule has 4 aromatic rings. The monoisotopic (exact) mass is 499 g/mol. The van der Waals surface area contributed by atoms with Gasteiger partial charge in [-0.1, -0.05) is 67.1 Å². The highest BCUT2D eigenvalue weighted by Crippen LogP contribution is 2.45. The Kier molecular flexibility index (Phi) is 7.28. The van der Waals surface area contributed by atoms with Crippen molar-refractivity contribution < 1.29 is 9.18 Å². The zero-order chi connectivity index (χ0) is 24.9. The minimum absolute atomic E-state index is 0.174. The molecule has 1 aliphatic carbocycles. The summed E-state index contributed by atoms with van der Waals surface area (Å²) >= 11 is 5.63. The Balaban J connectivity index is 1.61. The first-order valence-corrected chi connectivity index (χ1v) is 12.7. The van der Waals surface area contributed by atoms with Gasteiger partial charge in [0.15, 0.2) is 0 Å². The Morgan fingerprint density at radius 2 is 1.78 bits per heavy atom. The van der Waals surface area contributed by atoms with Crippen LogP contribution in [0.3, 0.4) is 0 Å². The largest absolute Gasteiger partial charge is 0.351 e. The number of allylic oxidation sites excluding steroid dienone is 1. The van der Waals surface area contributed by atoms with Gasteiger partial charge < -0.3 is 5.32 Å². The number of H-pyrrole nitrogens is 1. The number of rotatable bonds is 8. The summed E-state index contributed by atoms with van der Waals surface area (Å²) in [6.45, 7) is 0.433. The number of hydrogen-bond acceptors (Lipinski definition) is 2. The summed E-state index contributed by atoms with van der Waals surface area (Å²) in [5.41, 5.74) is 7.10. The Morgan fingerprint density at radius 1 is 1.03 bits per heavy atom. The molecule has 0 radical (unpaired) electrons. The summed E-state index contributed by atoms with van der Waals surface area (Å²) in [6, 6.07) is 24.4. The number of fused-ring (bicyclic) bond motifs is 1. The van der Waals surface area contributed by atoms with E-state index in [1.165, 1.54) is 23.6 Å². The van der Waals surface area contributed by atoms with Gasteiger partial charge in [0, 0.05) is 18.5 Å². The van der Waals surface area contributed by atoms with Crippen LogP contribution in [0.5, 0.6) is 0 Å². The van der Waals surface area contributed by atoms with Crippen molar-refractivity contribution >= 4 is 45.6 Å². The molecular formula is C30H27ClFN3O. The fraction of sp³-hybridized carbons (Fsp3) is 0.200. The fourth-order valence-electron chi connectivity index (χ4n) is 4.67. The summed E-state index contributed by atoms with van der Waals surface area (Å²) in [6.07, 6.45) is 6.77. The van der Waals surface area contributed by atoms with Gasteiger partial charge in [-0.15, -0.1) is 11.6 Å². The molecule has 0 atom stereocenters. The molecule has 3 aromatic carbocycles. The second-order valence-corrected chi connectivity index (χ2v) is 9.37. The van der Waals surface area contributed by atoms with E-state index in [1.807, 2.05) is 36.4 Å². The van der Waals surface area contributed by atoms with E-state index >= 15 is 0 Å². The minimum Gasteiger partial charge on any atom is -0.351 e. The molecule has 0 saturated heterocycles. The van der Waals surface area contributed by atoms with Crippen LogP contribution in [0.4, 0.5) is 4.39 Å². The maximum Gasteiger partial charge on any atom is 0.244 e. The van der Waals surface area contributed by atoms with Crippen LogP contribution < -0.4 is 5.32 Å². The van der Waals surface area contributed by atoms with Crippen molar-refractivity contribution in [1.82, 2.24) is 15.5 Å². The molecule has 6 heteroatoms. The van der Waals surface area contributed by atoms with Gasteiger partial charge in [-0.3, -0.25) is 9.89 Å². The van der Waals surface area contributed by atoms with Crippen LogP contribution in [-0.4, -0.2) is 28.5 Å². The van der Waals surface area contributed by atoms with E-state index in [1.54, 1.807) is 6.08 Å². The molecule has 0 spiro atoms. The van der Waals surface area contributed by atoms with Crippen LogP contribution in [0.2, 0.25) is 0 Å². The summed E-state index contributed by atoms with van der Waals surface area (Å²) in [5, 5.41) is 9.72. The van der Waals surface area contributed by atoms with Crippen LogP contribution in [0.25, 0.3) is 28.1 Å². The normalized spacial score (nSPS) is 14.6. The van der Waals surface area contributed by atoms with Gasteiger partial charge in [-0.2, -0.15) is 9.49 Å². The van der Waals surface area contributed by atoms with E-state index in [4.69, 9.17) is 11.6 Å². The molecule has 0 unspecified atom stereocenters. The lowest BCUT2D eigenvalue weighted by molar-refractivity contribution is -0.116. The van der Waals surface area contributed by atoms with Crippen LogP contribution in [-0.2, 0) is 4.79 Å². The SMILES string of the molecule is O=C(/C=C/c1ccc(/C(=C(\c2ccccc2)C2CCC2)c2ccc3n[nH]c(F)c3c2)cc1)NCCCl. The summed E-state index contributed by atoms with van der Waals surface area (Å²) < 4.78 is 14.5. The van der Waals surface area contributed by atoms with Crippen molar-refractivity contribution in [2.24, 2.45) is 5.92 Å². The predicted octanol–water partition coefficient (Wildman–Crippen LogP) is 6.83. The van der Waals surface area contributed by atoms with E-state index in [0.717, 1.165) is 35.1 Å². The predicted molar refractivity (Wildman–Crippen MR) is 145 cm³/mol. The highest BCUT2D eigenvalue weighted by molar-refractivity contribution is 6.18. The molecule has 4 nitrogen and oxygen atoms in total. The topological polar surface area (TPSA) is 57.8 Å². The number of carbonyl (C=O) groups excluding carboxylic acids is 1. The Morgan fingerprint density at radius 3 is 2.47 bits per heavy atom. The highest BCUT2D eigenvalue weighted by atomic mass is 35.5. The van der Waals surface area contributed by atoms with Gasteiger partial charge in [-0.25, -0.2) is 0 Å². The fourth-order valence-corrected chi connectivity index (χ4v) is 4.77. The first-order chi connectivity index (χ1) is 17.6. The zero-order valence-corrected chi connectivity index (χ0v) is 20.6. The molecular weight excluding hydrogens is 473 g/mol. The van der Waals surface area contributed by atoms with Crippen molar-refractivity contribution in [1.29, 1.82) is 0 Å². The van der Waals surface area contributed by atoms with Crippen LogP contribution in [0, 0.1) is 11.9 Å². The summed E-state index contributed by atoms with van der Waals surface area (Å²) in [7, 11) is 0. The lowest BCUT2D eigenvalue weighted by Gasteiger charge is -2.31. The van der Waals surface area contributed by atoms with E-state index < -0.39 is 5.95 Å². The van der Waals surface area contributed by atoms with E-state index in [-0.39, 0.29) is 5.91 Å². The van der Waals surface area contributed by atoms with Gasteiger partial charge in [0.2, 0.25) is 11.9 Å². The number of benzene rings is 3. The lowest BCUT2D eigenvalue weighted by Crippen LogP contribution is -2.22. The van der Waals surface area contributed by atoms with Crippen LogP contribution in [0.15, 0.2) is 78.9 Å². The molecule has 36 heavy (non-hydrogen) atoms. The molecule has 2 N–H and O–H groups in total. The number of nitrogens with one attached hydrogen (secondary N) is 2. The van der Waals surface area contributed by atoms with Crippen molar-refractivity contribution in [3.8, 4) is 0 Å². The standard InChI is InChI=1S/C30H27ClFN3O/c31-17-18-33-27(36)16-11-20-9-12-23(13-10-20)29(24-14-15-26-25(19-24)30(32)35-34-26)28(22-7-4-8-22)21-5-2-1-3-6-21/h1-3,5-6,9-16,19,22H,4,7-8,17-18H2,(H,33,36)(H,34,35)/b16-11+,29-28-. The summed E-state index contributed by atoms with van der Waals surface area (Å²) in [5.74, 6) is 0.219. The Labute approximate surface area is 214 Å². The first-order valence-electron chi connectivity index (χ1n) is 12.2.